The number of carbonyl (C=O) groups is 3. The highest BCUT2D eigenvalue weighted by atomic mass is 16.6. The summed E-state index contributed by atoms with van der Waals surface area (Å²) >= 11 is 0. The predicted octanol–water partition coefficient (Wildman–Crippen LogP) is 20.0. The lowest BCUT2D eigenvalue weighted by Gasteiger charge is -2.18. The molecule has 0 rings (SSSR count). The minimum absolute atomic E-state index is 0.0831. The van der Waals surface area contributed by atoms with Crippen molar-refractivity contribution in [2.45, 2.75) is 309 Å². The molecule has 0 fully saturated rings. The van der Waals surface area contributed by atoms with E-state index in [1.165, 1.54) is 173 Å². The number of hydrogen-bond donors (Lipinski definition) is 0. The Morgan fingerprint density at radius 2 is 0.565 bits per heavy atom. The van der Waals surface area contributed by atoms with Gasteiger partial charge in [-0.05, 0) is 83.5 Å². The zero-order valence-electron chi connectivity index (χ0n) is 45.8. The summed E-state index contributed by atoms with van der Waals surface area (Å²) in [6.45, 7) is 6.47. The van der Waals surface area contributed by atoms with Crippen LogP contribution in [0.4, 0.5) is 0 Å². The molecular weight excluding hydrogens is 853 g/mol. The summed E-state index contributed by atoms with van der Waals surface area (Å²) in [7, 11) is 0. The van der Waals surface area contributed by atoms with Gasteiger partial charge in [-0.25, -0.2) is 0 Å². The van der Waals surface area contributed by atoms with E-state index in [0.717, 1.165) is 89.9 Å². The molecule has 0 saturated heterocycles. The highest BCUT2D eigenvalue weighted by molar-refractivity contribution is 5.71. The molecule has 0 aromatic carbocycles. The lowest BCUT2D eigenvalue weighted by atomic mass is 10.0. The molecule has 1 atom stereocenters. The van der Waals surface area contributed by atoms with Crippen molar-refractivity contribution in [2.24, 2.45) is 0 Å². The zero-order chi connectivity index (χ0) is 50.0. The fraction of sp³-hybridized carbons (Fsp3) is 0.794. The van der Waals surface area contributed by atoms with Gasteiger partial charge in [0.2, 0.25) is 0 Å². The van der Waals surface area contributed by atoms with Crippen molar-refractivity contribution >= 4 is 17.9 Å². The maximum Gasteiger partial charge on any atom is 0.306 e. The predicted molar refractivity (Wildman–Crippen MR) is 298 cm³/mol. The van der Waals surface area contributed by atoms with E-state index in [4.69, 9.17) is 14.2 Å². The topological polar surface area (TPSA) is 78.9 Å². The first-order valence-electron chi connectivity index (χ1n) is 29.8. The second kappa shape index (κ2) is 57.7. The van der Waals surface area contributed by atoms with E-state index in [9.17, 15) is 14.4 Å². The first kappa shape index (κ1) is 66.1. The fourth-order valence-electron chi connectivity index (χ4n) is 8.55. The molecule has 0 N–H and O–H groups in total. The van der Waals surface area contributed by atoms with Crippen LogP contribution in [-0.2, 0) is 28.6 Å². The second-order valence-corrected chi connectivity index (χ2v) is 19.9. The quantitative estimate of drug-likeness (QED) is 0.0262. The van der Waals surface area contributed by atoms with Crippen LogP contribution in [0.1, 0.15) is 303 Å². The van der Waals surface area contributed by atoms with Gasteiger partial charge in [-0.1, -0.05) is 261 Å². The Labute approximate surface area is 428 Å². The van der Waals surface area contributed by atoms with Crippen molar-refractivity contribution in [3.63, 3.8) is 0 Å². The van der Waals surface area contributed by atoms with Gasteiger partial charge in [-0.15, -0.1) is 0 Å². The highest BCUT2D eigenvalue weighted by Gasteiger charge is 2.19. The van der Waals surface area contributed by atoms with Crippen LogP contribution in [0.2, 0.25) is 0 Å². The van der Waals surface area contributed by atoms with Gasteiger partial charge in [0.15, 0.2) is 6.10 Å². The van der Waals surface area contributed by atoms with Crippen LogP contribution in [-0.4, -0.2) is 37.2 Å². The van der Waals surface area contributed by atoms with E-state index < -0.39 is 6.10 Å². The highest BCUT2D eigenvalue weighted by Crippen LogP contribution is 2.17. The summed E-state index contributed by atoms with van der Waals surface area (Å²) in [6, 6.07) is 0. The molecule has 69 heavy (non-hydrogen) atoms. The maximum atomic E-state index is 12.7. The van der Waals surface area contributed by atoms with Gasteiger partial charge < -0.3 is 14.2 Å². The number of allylic oxidation sites excluding steroid dienone is 10. The smallest absolute Gasteiger partial charge is 0.306 e. The molecule has 1 unspecified atom stereocenters. The summed E-state index contributed by atoms with van der Waals surface area (Å²) < 4.78 is 16.7. The molecule has 0 aliphatic rings. The van der Waals surface area contributed by atoms with Crippen LogP contribution < -0.4 is 0 Å². The monoisotopic (exact) mass is 965 g/mol. The van der Waals surface area contributed by atoms with Crippen LogP contribution in [0.25, 0.3) is 0 Å². The Morgan fingerprint density at radius 3 is 0.899 bits per heavy atom. The number of esters is 3. The normalized spacial score (nSPS) is 12.4. The van der Waals surface area contributed by atoms with Crippen molar-refractivity contribution in [1.29, 1.82) is 0 Å². The Bertz CT molecular complexity index is 1250. The van der Waals surface area contributed by atoms with Gasteiger partial charge in [-0.2, -0.15) is 0 Å². The third-order valence-electron chi connectivity index (χ3n) is 13.0. The molecule has 6 heteroatoms. The third kappa shape index (κ3) is 55.9. The summed E-state index contributed by atoms with van der Waals surface area (Å²) in [5, 5.41) is 0. The van der Waals surface area contributed by atoms with E-state index in [1.807, 2.05) is 0 Å². The van der Waals surface area contributed by atoms with Crippen molar-refractivity contribution in [2.75, 3.05) is 13.2 Å². The summed E-state index contributed by atoms with van der Waals surface area (Å²) in [6.07, 6.45) is 72.7. The maximum absolute atomic E-state index is 12.7. The SMILES string of the molecule is CC/C=C\C/C=C\C/C=C\CCCCCC(=O)OC(COC(=O)CCCCCCCCC)COC(=O)CCCCCCCCCCCCCCCCCCCCC/C=C\C/C=C\CCCCCCC. The van der Waals surface area contributed by atoms with E-state index >= 15 is 0 Å². The third-order valence-corrected chi connectivity index (χ3v) is 13.0. The Morgan fingerprint density at radius 1 is 0.304 bits per heavy atom. The molecular formula is C63H112O6. The van der Waals surface area contributed by atoms with Gasteiger partial charge in [0.1, 0.15) is 13.2 Å². The van der Waals surface area contributed by atoms with E-state index in [0.29, 0.717) is 19.3 Å². The molecule has 0 amide bonds. The van der Waals surface area contributed by atoms with E-state index in [2.05, 4.69) is 81.5 Å². The van der Waals surface area contributed by atoms with E-state index in [-0.39, 0.29) is 31.1 Å². The molecule has 400 valence electrons. The first-order chi connectivity index (χ1) is 34.0. The number of ether oxygens (including phenoxy) is 3. The summed E-state index contributed by atoms with van der Waals surface area (Å²) in [5.41, 5.74) is 0. The van der Waals surface area contributed by atoms with Crippen molar-refractivity contribution in [3.8, 4) is 0 Å². The largest absolute Gasteiger partial charge is 0.462 e. The average Bonchev–Trinajstić information content (AvgIpc) is 3.35. The van der Waals surface area contributed by atoms with Crippen molar-refractivity contribution in [1.82, 2.24) is 0 Å². The molecule has 0 bridgehead atoms. The Hall–Kier alpha value is -2.89. The lowest BCUT2D eigenvalue weighted by molar-refractivity contribution is -0.167. The van der Waals surface area contributed by atoms with Crippen LogP contribution in [0.15, 0.2) is 60.8 Å². The number of rotatable bonds is 54. The van der Waals surface area contributed by atoms with Crippen LogP contribution >= 0.6 is 0 Å². The number of carbonyl (C=O) groups excluding carboxylic acids is 3. The van der Waals surface area contributed by atoms with Gasteiger partial charge >= 0.3 is 17.9 Å². The number of unbranched alkanes of at least 4 members (excludes halogenated alkanes) is 33. The van der Waals surface area contributed by atoms with Crippen molar-refractivity contribution in [3.05, 3.63) is 60.8 Å². The second-order valence-electron chi connectivity index (χ2n) is 19.9. The molecule has 0 spiro atoms. The molecule has 0 aromatic heterocycles. The zero-order valence-corrected chi connectivity index (χ0v) is 45.8. The summed E-state index contributed by atoms with van der Waals surface area (Å²) in [4.78, 5) is 37.9. The summed E-state index contributed by atoms with van der Waals surface area (Å²) in [5.74, 6) is -0.910. The molecule has 6 nitrogen and oxygen atoms in total. The van der Waals surface area contributed by atoms with Gasteiger partial charge in [-0.3, -0.25) is 14.4 Å². The van der Waals surface area contributed by atoms with Gasteiger partial charge in [0, 0.05) is 19.3 Å². The van der Waals surface area contributed by atoms with Gasteiger partial charge in [0.05, 0.1) is 0 Å². The van der Waals surface area contributed by atoms with Crippen LogP contribution in [0, 0.1) is 0 Å². The van der Waals surface area contributed by atoms with Gasteiger partial charge in [0.25, 0.3) is 0 Å². The number of hydrogen-bond acceptors (Lipinski definition) is 6. The Kier molecular flexibility index (Phi) is 55.3. The molecule has 0 radical (unpaired) electrons. The molecule has 0 aliphatic heterocycles. The van der Waals surface area contributed by atoms with Crippen molar-refractivity contribution < 1.29 is 28.6 Å². The molecule has 0 aliphatic carbocycles. The fourth-order valence-corrected chi connectivity index (χ4v) is 8.55. The first-order valence-corrected chi connectivity index (χ1v) is 29.8. The molecule has 0 heterocycles. The lowest BCUT2D eigenvalue weighted by Crippen LogP contribution is -2.30. The minimum atomic E-state index is -0.784. The van der Waals surface area contributed by atoms with Crippen LogP contribution in [0.3, 0.4) is 0 Å². The Balaban J connectivity index is 4.00. The van der Waals surface area contributed by atoms with E-state index in [1.54, 1.807) is 0 Å². The van der Waals surface area contributed by atoms with Crippen LogP contribution in [0.5, 0.6) is 0 Å². The molecule has 0 saturated carbocycles. The molecule has 0 aromatic rings. The average molecular weight is 966 g/mol. The minimum Gasteiger partial charge on any atom is -0.462 e. The standard InChI is InChI=1S/C63H112O6/c1-4-7-10-13-16-18-20-22-23-24-25-26-27-28-29-30-31-32-33-34-35-36-37-38-39-41-42-44-47-50-53-56-62(65)68-59-60(58-67-61(64)55-52-49-46-15-12-9-6-3)69-63(66)57-54-51-48-45-43-40-21-19-17-14-11-8-5-2/h8,11,17,19-20,22,24-25,40,43,60H,4-7,9-10,12-16,18,21,23,26-39,41-42,44-59H2,1-3H3/b11-8-,19-17-,22-20-,25-24-,43-40-.